The van der Waals surface area contributed by atoms with Crippen LogP contribution in [0, 0.1) is 0 Å². The molecule has 1 aromatic carbocycles. The molecule has 1 atom stereocenters. The zero-order valence-corrected chi connectivity index (χ0v) is 27.2. The van der Waals surface area contributed by atoms with Gasteiger partial charge in [0.1, 0.15) is 28.8 Å². The van der Waals surface area contributed by atoms with Crippen LogP contribution in [0.5, 0.6) is 5.75 Å². The molecule has 14 heteroatoms. The third kappa shape index (κ3) is 8.28. The van der Waals surface area contributed by atoms with Gasteiger partial charge in [-0.1, -0.05) is 20.8 Å². The van der Waals surface area contributed by atoms with Crippen molar-refractivity contribution in [1.29, 1.82) is 0 Å². The smallest absolute Gasteiger partial charge is 0.407 e. The van der Waals surface area contributed by atoms with E-state index in [2.05, 4.69) is 43.4 Å². The summed E-state index contributed by atoms with van der Waals surface area (Å²) in [5, 5.41) is 11.1. The number of nitrogens with zero attached hydrogens (tertiary/aromatic N) is 3. The van der Waals surface area contributed by atoms with E-state index in [4.69, 9.17) is 24.0 Å². The SMILES string of the molecule is CC(C)(C)[Si](C)(C)Oc1ccc2c(c1)c(-c1csc(COC(=O)NCCCOS(C)(=O)=O)n1)nn2C1CCCCO1. The maximum atomic E-state index is 12.1. The highest BCUT2D eigenvalue weighted by atomic mass is 32.2. The van der Waals surface area contributed by atoms with Crippen LogP contribution in [0.4, 0.5) is 4.79 Å². The summed E-state index contributed by atoms with van der Waals surface area (Å²) in [7, 11) is -5.55. The highest BCUT2D eigenvalue weighted by Gasteiger charge is 2.39. The third-order valence-corrected chi connectivity index (χ3v) is 13.1. The van der Waals surface area contributed by atoms with Crippen LogP contribution in [-0.4, -0.2) is 63.6 Å². The first-order valence-corrected chi connectivity index (χ1v) is 19.4. The molecule has 1 amide bonds. The zero-order valence-electron chi connectivity index (χ0n) is 24.6. The van der Waals surface area contributed by atoms with E-state index in [1.54, 1.807) is 0 Å². The number of fused-ring (bicyclic) bond motifs is 1. The van der Waals surface area contributed by atoms with Gasteiger partial charge in [-0.05, 0) is 62.0 Å². The van der Waals surface area contributed by atoms with Crippen LogP contribution >= 0.6 is 11.3 Å². The molecule has 226 valence electrons. The number of carbonyl (C=O) groups excluding carboxylic acids is 1. The van der Waals surface area contributed by atoms with E-state index >= 15 is 0 Å². The number of aromatic nitrogens is 3. The van der Waals surface area contributed by atoms with Crippen LogP contribution in [0.15, 0.2) is 23.6 Å². The van der Waals surface area contributed by atoms with Gasteiger partial charge >= 0.3 is 6.09 Å². The monoisotopic (exact) mass is 624 g/mol. The lowest BCUT2D eigenvalue weighted by molar-refractivity contribution is -0.0365. The number of carbonyl (C=O) groups is 1. The molecule has 1 unspecified atom stereocenters. The molecule has 0 aliphatic carbocycles. The molecule has 0 saturated carbocycles. The van der Waals surface area contributed by atoms with Crippen LogP contribution in [0.25, 0.3) is 22.3 Å². The van der Waals surface area contributed by atoms with Gasteiger partial charge in [0.05, 0.1) is 18.4 Å². The number of hydrogen-bond donors (Lipinski definition) is 1. The van der Waals surface area contributed by atoms with Gasteiger partial charge in [-0.2, -0.15) is 13.5 Å². The van der Waals surface area contributed by atoms with Crippen LogP contribution in [0.2, 0.25) is 18.1 Å². The van der Waals surface area contributed by atoms with Gasteiger partial charge < -0.3 is 19.2 Å². The van der Waals surface area contributed by atoms with Gasteiger partial charge in [-0.25, -0.2) is 14.5 Å². The molecule has 3 heterocycles. The van der Waals surface area contributed by atoms with Crippen molar-refractivity contribution in [2.75, 3.05) is 26.0 Å². The fourth-order valence-corrected chi connectivity index (χ4v) is 6.23. The molecule has 1 aliphatic heterocycles. The van der Waals surface area contributed by atoms with E-state index in [9.17, 15) is 13.2 Å². The first-order chi connectivity index (χ1) is 19.2. The lowest BCUT2D eigenvalue weighted by Gasteiger charge is -2.36. The molecular weight excluding hydrogens is 585 g/mol. The second-order valence-corrected chi connectivity index (χ2v) is 19.0. The van der Waals surface area contributed by atoms with E-state index in [1.807, 2.05) is 28.3 Å². The topological polar surface area (TPSA) is 131 Å². The lowest BCUT2D eigenvalue weighted by atomic mass is 10.1. The molecule has 4 rings (SSSR count). The maximum absolute atomic E-state index is 12.1. The summed E-state index contributed by atoms with van der Waals surface area (Å²) in [6.45, 7) is 12.0. The van der Waals surface area contributed by atoms with Gasteiger partial charge in [0.15, 0.2) is 6.23 Å². The number of amides is 1. The average molecular weight is 625 g/mol. The van der Waals surface area contributed by atoms with Crippen molar-refractivity contribution in [2.45, 2.75) is 77.4 Å². The fourth-order valence-electron chi connectivity index (χ4n) is 4.09. The number of hydrogen-bond acceptors (Lipinski definition) is 10. The largest absolute Gasteiger partial charge is 0.543 e. The van der Waals surface area contributed by atoms with Crippen LogP contribution in [-0.2, 0) is 30.4 Å². The van der Waals surface area contributed by atoms with Crippen LogP contribution in [0.3, 0.4) is 0 Å². The van der Waals surface area contributed by atoms with Crippen molar-refractivity contribution in [2.24, 2.45) is 0 Å². The van der Waals surface area contributed by atoms with Crippen molar-refractivity contribution in [3.05, 3.63) is 28.6 Å². The van der Waals surface area contributed by atoms with Crippen molar-refractivity contribution >= 4 is 46.8 Å². The molecule has 2 aromatic heterocycles. The number of rotatable bonds is 11. The average Bonchev–Trinajstić information content (AvgIpc) is 3.51. The Morgan fingerprint density at radius 2 is 2.05 bits per heavy atom. The standard InChI is InChI=1S/C27H40N4O7S2Si/c1-27(2,3)41(5,6)38-19-11-12-22-20(16-19)25(30-31(22)24-10-7-8-14-35-24)21-18-39-23(29-21)17-36-26(32)28-13-9-15-37-40(4,33)34/h11-12,16,18,24H,7-10,13-15,17H2,1-6H3,(H,28,32). The van der Waals surface area contributed by atoms with Crippen molar-refractivity contribution < 1.29 is 31.3 Å². The third-order valence-electron chi connectivity index (χ3n) is 7.29. The number of benzene rings is 1. The quantitative estimate of drug-likeness (QED) is 0.159. The molecule has 1 N–H and O–H groups in total. The number of nitrogens with one attached hydrogen (secondary N) is 1. The van der Waals surface area contributed by atoms with E-state index in [-0.39, 0.29) is 31.0 Å². The molecule has 0 bridgehead atoms. The van der Waals surface area contributed by atoms with Gasteiger partial charge in [0.25, 0.3) is 10.1 Å². The molecule has 1 aliphatic rings. The minimum absolute atomic E-state index is 0.000446. The number of alkyl carbamates (subject to hydrolysis) is 1. The van der Waals surface area contributed by atoms with Crippen LogP contribution < -0.4 is 9.74 Å². The Morgan fingerprint density at radius 1 is 1.27 bits per heavy atom. The van der Waals surface area contributed by atoms with Crippen molar-refractivity contribution in [3.8, 4) is 17.1 Å². The predicted octanol–water partition coefficient (Wildman–Crippen LogP) is 5.84. The highest BCUT2D eigenvalue weighted by molar-refractivity contribution is 7.85. The Balaban J connectivity index is 1.50. The van der Waals surface area contributed by atoms with Crippen molar-refractivity contribution in [3.63, 3.8) is 0 Å². The second-order valence-electron chi connectivity index (χ2n) is 11.7. The Hall–Kier alpha value is -2.52. The Kier molecular flexibility index (Phi) is 9.79. The van der Waals surface area contributed by atoms with Gasteiger partial charge in [0.2, 0.25) is 8.32 Å². The summed E-state index contributed by atoms with van der Waals surface area (Å²) in [4.78, 5) is 16.8. The zero-order chi connectivity index (χ0) is 29.8. The molecule has 1 fully saturated rings. The van der Waals surface area contributed by atoms with Crippen molar-refractivity contribution in [1.82, 2.24) is 20.1 Å². The predicted molar refractivity (Wildman–Crippen MR) is 161 cm³/mol. The molecule has 11 nitrogen and oxygen atoms in total. The summed E-state index contributed by atoms with van der Waals surface area (Å²) in [5.74, 6) is 0.812. The summed E-state index contributed by atoms with van der Waals surface area (Å²) >= 11 is 1.38. The van der Waals surface area contributed by atoms with Gasteiger partial charge in [0, 0.05) is 23.9 Å². The normalized spacial score (nSPS) is 16.6. The fraction of sp³-hybridized carbons (Fsp3) is 0.593. The molecule has 41 heavy (non-hydrogen) atoms. The lowest BCUT2D eigenvalue weighted by Crippen LogP contribution is -2.43. The Bertz CT molecular complexity index is 1460. The minimum Gasteiger partial charge on any atom is -0.543 e. The molecular formula is C27H40N4O7S2Si. The first kappa shape index (κ1) is 31.4. The Morgan fingerprint density at radius 3 is 2.73 bits per heavy atom. The number of thiazole rings is 1. The number of ether oxygens (including phenoxy) is 2. The minimum atomic E-state index is -3.50. The van der Waals surface area contributed by atoms with E-state index < -0.39 is 24.5 Å². The second kappa shape index (κ2) is 12.8. The van der Waals surface area contributed by atoms with E-state index in [1.165, 1.54) is 11.3 Å². The highest BCUT2D eigenvalue weighted by Crippen LogP contribution is 2.40. The van der Waals surface area contributed by atoms with Crippen LogP contribution in [0.1, 0.15) is 57.7 Å². The van der Waals surface area contributed by atoms with E-state index in [0.717, 1.165) is 47.9 Å². The molecule has 0 radical (unpaired) electrons. The van der Waals surface area contributed by atoms with Gasteiger partial charge in [-0.3, -0.25) is 4.18 Å². The Labute approximate surface area is 246 Å². The first-order valence-electron chi connectivity index (χ1n) is 13.8. The maximum Gasteiger partial charge on any atom is 0.407 e. The van der Waals surface area contributed by atoms with E-state index in [0.29, 0.717) is 23.7 Å². The molecule has 1 saturated heterocycles. The summed E-state index contributed by atoms with van der Waals surface area (Å²) in [6.07, 6.45) is 3.59. The summed E-state index contributed by atoms with van der Waals surface area (Å²) in [6, 6.07) is 6.11. The summed E-state index contributed by atoms with van der Waals surface area (Å²) in [5.41, 5.74) is 2.38. The summed E-state index contributed by atoms with van der Waals surface area (Å²) < 4.78 is 46.6. The molecule has 0 spiro atoms. The van der Waals surface area contributed by atoms with Gasteiger partial charge in [-0.15, -0.1) is 11.3 Å². The molecule has 3 aromatic rings.